The van der Waals surface area contributed by atoms with E-state index >= 15 is 0 Å². The van der Waals surface area contributed by atoms with Crippen molar-refractivity contribution in [3.63, 3.8) is 0 Å². The van der Waals surface area contributed by atoms with E-state index in [1.807, 2.05) is 73.1 Å². The van der Waals surface area contributed by atoms with Crippen molar-refractivity contribution in [1.82, 2.24) is 14.6 Å². The summed E-state index contributed by atoms with van der Waals surface area (Å²) in [6, 6.07) is 20.1. The first-order valence-corrected chi connectivity index (χ1v) is 8.65. The zero-order valence-corrected chi connectivity index (χ0v) is 14.8. The SMILES string of the molecule is CCOc1ccc(Nc2cc(C)nc3c(-c4ccccc4)cnn23)cc1. The van der Waals surface area contributed by atoms with Gasteiger partial charge in [-0.25, -0.2) is 4.98 Å². The molecule has 0 aliphatic carbocycles. The Labute approximate surface area is 152 Å². The molecule has 2 aromatic carbocycles. The van der Waals surface area contributed by atoms with Crippen LogP contribution in [0.25, 0.3) is 16.8 Å². The molecule has 2 aromatic heterocycles. The molecular formula is C21H20N4O. The molecule has 130 valence electrons. The number of hydrogen-bond donors (Lipinski definition) is 1. The second-order valence-electron chi connectivity index (χ2n) is 6.02. The van der Waals surface area contributed by atoms with Gasteiger partial charge in [0.05, 0.1) is 12.8 Å². The molecule has 5 heteroatoms. The number of nitrogens with zero attached hydrogens (tertiary/aromatic N) is 3. The second kappa shape index (κ2) is 6.88. The minimum Gasteiger partial charge on any atom is -0.494 e. The van der Waals surface area contributed by atoms with Gasteiger partial charge in [-0.15, -0.1) is 0 Å². The molecule has 4 aromatic rings. The first-order valence-electron chi connectivity index (χ1n) is 8.65. The highest BCUT2D eigenvalue weighted by Crippen LogP contribution is 2.27. The zero-order valence-electron chi connectivity index (χ0n) is 14.8. The Kier molecular flexibility index (Phi) is 4.27. The van der Waals surface area contributed by atoms with Gasteiger partial charge in [0.15, 0.2) is 5.65 Å². The molecule has 26 heavy (non-hydrogen) atoms. The zero-order chi connectivity index (χ0) is 17.9. The van der Waals surface area contributed by atoms with Crippen molar-refractivity contribution < 1.29 is 4.74 Å². The Hall–Kier alpha value is -3.34. The average molecular weight is 344 g/mol. The Balaban J connectivity index is 1.72. The van der Waals surface area contributed by atoms with E-state index in [2.05, 4.69) is 22.5 Å². The third kappa shape index (κ3) is 3.11. The maximum Gasteiger partial charge on any atom is 0.165 e. The van der Waals surface area contributed by atoms with Crippen molar-refractivity contribution >= 4 is 17.2 Å². The number of aryl methyl sites for hydroxylation is 1. The van der Waals surface area contributed by atoms with Crippen LogP contribution in [0.5, 0.6) is 5.75 Å². The fourth-order valence-electron chi connectivity index (χ4n) is 2.94. The molecule has 5 nitrogen and oxygen atoms in total. The van der Waals surface area contributed by atoms with Gasteiger partial charge in [0.25, 0.3) is 0 Å². The lowest BCUT2D eigenvalue weighted by Gasteiger charge is -2.11. The molecule has 0 saturated heterocycles. The summed E-state index contributed by atoms with van der Waals surface area (Å²) in [7, 11) is 0. The number of rotatable bonds is 5. The lowest BCUT2D eigenvalue weighted by Crippen LogP contribution is -2.02. The van der Waals surface area contributed by atoms with Crippen LogP contribution in [0.3, 0.4) is 0 Å². The summed E-state index contributed by atoms with van der Waals surface area (Å²) in [6.45, 7) is 4.63. The van der Waals surface area contributed by atoms with Gasteiger partial charge in [-0.3, -0.25) is 0 Å². The number of ether oxygens (including phenoxy) is 1. The van der Waals surface area contributed by atoms with E-state index in [1.54, 1.807) is 0 Å². The first kappa shape index (κ1) is 16.1. The van der Waals surface area contributed by atoms with E-state index < -0.39 is 0 Å². The summed E-state index contributed by atoms with van der Waals surface area (Å²) in [6.07, 6.45) is 1.86. The lowest BCUT2D eigenvalue weighted by molar-refractivity contribution is 0.340. The molecule has 0 radical (unpaired) electrons. The van der Waals surface area contributed by atoms with Gasteiger partial charge in [0.2, 0.25) is 0 Å². The molecule has 0 atom stereocenters. The van der Waals surface area contributed by atoms with Crippen LogP contribution >= 0.6 is 0 Å². The van der Waals surface area contributed by atoms with Gasteiger partial charge in [0.1, 0.15) is 11.6 Å². The lowest BCUT2D eigenvalue weighted by atomic mass is 10.1. The van der Waals surface area contributed by atoms with Crippen LogP contribution in [0.1, 0.15) is 12.6 Å². The molecule has 0 bridgehead atoms. The van der Waals surface area contributed by atoms with Crippen LogP contribution in [0.2, 0.25) is 0 Å². The highest BCUT2D eigenvalue weighted by Gasteiger charge is 2.12. The normalized spacial score (nSPS) is 10.8. The summed E-state index contributed by atoms with van der Waals surface area (Å²) >= 11 is 0. The molecular weight excluding hydrogens is 324 g/mol. The van der Waals surface area contributed by atoms with Crippen molar-refractivity contribution in [3.8, 4) is 16.9 Å². The smallest absolute Gasteiger partial charge is 0.165 e. The Morgan fingerprint density at radius 2 is 1.81 bits per heavy atom. The number of nitrogens with one attached hydrogen (secondary N) is 1. The number of aromatic nitrogens is 3. The maximum absolute atomic E-state index is 5.50. The fraction of sp³-hybridized carbons (Fsp3) is 0.143. The second-order valence-corrected chi connectivity index (χ2v) is 6.02. The predicted octanol–water partition coefficient (Wildman–Crippen LogP) is 4.85. The predicted molar refractivity (Wildman–Crippen MR) is 104 cm³/mol. The van der Waals surface area contributed by atoms with E-state index in [0.29, 0.717) is 6.61 Å². The molecule has 0 aliphatic rings. The van der Waals surface area contributed by atoms with Gasteiger partial charge in [0, 0.05) is 23.0 Å². The standard InChI is InChI=1S/C21H20N4O/c1-3-26-18-11-9-17(10-12-18)24-20-13-15(2)23-21-19(14-22-25(20)21)16-7-5-4-6-8-16/h4-14,24H,3H2,1-2H3. The third-order valence-corrected chi connectivity index (χ3v) is 4.12. The van der Waals surface area contributed by atoms with Gasteiger partial charge >= 0.3 is 0 Å². The number of fused-ring (bicyclic) bond motifs is 1. The summed E-state index contributed by atoms with van der Waals surface area (Å²) in [4.78, 5) is 4.69. The third-order valence-electron chi connectivity index (χ3n) is 4.12. The van der Waals surface area contributed by atoms with Crippen molar-refractivity contribution in [2.45, 2.75) is 13.8 Å². The Bertz CT molecular complexity index is 1020. The van der Waals surface area contributed by atoms with Crippen LogP contribution in [0.15, 0.2) is 66.9 Å². The Morgan fingerprint density at radius 3 is 2.54 bits per heavy atom. The van der Waals surface area contributed by atoms with Gasteiger partial charge in [-0.05, 0) is 43.7 Å². The number of anilines is 2. The highest BCUT2D eigenvalue weighted by atomic mass is 16.5. The van der Waals surface area contributed by atoms with Crippen molar-refractivity contribution in [3.05, 3.63) is 72.6 Å². The van der Waals surface area contributed by atoms with E-state index in [0.717, 1.165) is 39.7 Å². The molecule has 1 N–H and O–H groups in total. The Morgan fingerprint density at radius 1 is 1.04 bits per heavy atom. The minimum atomic E-state index is 0.659. The van der Waals surface area contributed by atoms with Crippen LogP contribution in [0.4, 0.5) is 11.5 Å². The van der Waals surface area contributed by atoms with Gasteiger partial charge < -0.3 is 10.1 Å². The number of benzene rings is 2. The van der Waals surface area contributed by atoms with Gasteiger partial charge in [-0.1, -0.05) is 30.3 Å². The molecule has 0 amide bonds. The van der Waals surface area contributed by atoms with E-state index in [1.165, 1.54) is 0 Å². The molecule has 0 spiro atoms. The largest absolute Gasteiger partial charge is 0.494 e. The molecule has 0 fully saturated rings. The maximum atomic E-state index is 5.50. The van der Waals surface area contributed by atoms with Crippen LogP contribution in [-0.4, -0.2) is 21.2 Å². The summed E-state index contributed by atoms with van der Waals surface area (Å²) in [5, 5.41) is 7.97. The average Bonchev–Trinajstić information content (AvgIpc) is 3.08. The van der Waals surface area contributed by atoms with Crippen molar-refractivity contribution in [1.29, 1.82) is 0 Å². The molecule has 0 aliphatic heterocycles. The van der Waals surface area contributed by atoms with E-state index in [9.17, 15) is 0 Å². The van der Waals surface area contributed by atoms with Gasteiger partial charge in [-0.2, -0.15) is 9.61 Å². The number of hydrogen-bond acceptors (Lipinski definition) is 4. The molecule has 2 heterocycles. The minimum absolute atomic E-state index is 0.659. The van der Waals surface area contributed by atoms with Crippen LogP contribution in [0, 0.1) is 6.92 Å². The summed E-state index contributed by atoms with van der Waals surface area (Å²) < 4.78 is 7.34. The monoisotopic (exact) mass is 344 g/mol. The van der Waals surface area contributed by atoms with Crippen LogP contribution < -0.4 is 10.1 Å². The van der Waals surface area contributed by atoms with Crippen molar-refractivity contribution in [2.75, 3.05) is 11.9 Å². The fourth-order valence-corrected chi connectivity index (χ4v) is 2.94. The van der Waals surface area contributed by atoms with E-state index in [-0.39, 0.29) is 0 Å². The van der Waals surface area contributed by atoms with Crippen LogP contribution in [-0.2, 0) is 0 Å². The quantitative estimate of drug-likeness (QED) is 0.562. The van der Waals surface area contributed by atoms with Crippen molar-refractivity contribution in [2.24, 2.45) is 0 Å². The first-order chi connectivity index (χ1) is 12.7. The molecule has 4 rings (SSSR count). The highest BCUT2D eigenvalue weighted by molar-refractivity contribution is 5.78. The summed E-state index contributed by atoms with van der Waals surface area (Å²) in [5.41, 5.74) is 4.86. The van der Waals surface area contributed by atoms with E-state index in [4.69, 9.17) is 9.72 Å². The summed E-state index contributed by atoms with van der Waals surface area (Å²) in [5.74, 6) is 1.73. The molecule has 0 saturated carbocycles. The topological polar surface area (TPSA) is 51.5 Å². The molecule has 0 unspecified atom stereocenters.